The van der Waals surface area contributed by atoms with E-state index in [4.69, 9.17) is 16.3 Å². The Morgan fingerprint density at radius 3 is 2.80 bits per heavy atom. The molecule has 0 aliphatic heterocycles. The molecule has 1 unspecified atom stereocenters. The third-order valence-electron chi connectivity index (χ3n) is 3.42. The van der Waals surface area contributed by atoms with Crippen LogP contribution in [0.15, 0.2) is 11.4 Å². The molecule has 1 N–H and O–H groups in total. The fourth-order valence-electron chi connectivity index (χ4n) is 2.20. The molecule has 0 fully saturated rings. The molecule has 0 bridgehead atoms. The molecule has 110 valence electrons. The molecule has 0 aromatic carbocycles. The maximum Gasteiger partial charge on any atom is 0.129 e. The van der Waals surface area contributed by atoms with Gasteiger partial charge in [0.2, 0.25) is 0 Å². The monoisotopic (exact) mass is 313 g/mol. The highest BCUT2D eigenvalue weighted by atomic mass is 35.5. The lowest BCUT2D eigenvalue weighted by molar-refractivity contribution is 0.416. The van der Waals surface area contributed by atoms with Gasteiger partial charge in [0.15, 0.2) is 0 Å². The lowest BCUT2D eigenvalue weighted by Gasteiger charge is -2.14. The first-order chi connectivity index (χ1) is 9.60. The fraction of sp³-hybridized carbons (Fsp3) is 0.500. The van der Waals surface area contributed by atoms with Crippen molar-refractivity contribution in [1.82, 2.24) is 15.1 Å². The van der Waals surface area contributed by atoms with Crippen molar-refractivity contribution in [2.24, 2.45) is 7.05 Å². The predicted octanol–water partition coefficient (Wildman–Crippen LogP) is 3.21. The van der Waals surface area contributed by atoms with E-state index in [0.29, 0.717) is 0 Å². The zero-order valence-electron chi connectivity index (χ0n) is 12.2. The molecule has 2 aromatic heterocycles. The number of rotatable bonds is 6. The molecule has 4 nitrogen and oxygen atoms in total. The van der Waals surface area contributed by atoms with Gasteiger partial charge < -0.3 is 10.1 Å². The van der Waals surface area contributed by atoms with Gasteiger partial charge in [-0.05, 0) is 19.5 Å². The Morgan fingerprint density at radius 2 is 2.30 bits per heavy atom. The van der Waals surface area contributed by atoms with Crippen molar-refractivity contribution >= 4 is 22.9 Å². The quantitative estimate of drug-likeness (QED) is 0.890. The van der Waals surface area contributed by atoms with Crippen LogP contribution in [0.25, 0.3) is 0 Å². The lowest BCUT2D eigenvalue weighted by atomic mass is 10.1. The van der Waals surface area contributed by atoms with Crippen molar-refractivity contribution in [3.05, 3.63) is 32.7 Å². The van der Waals surface area contributed by atoms with Gasteiger partial charge in [-0.25, -0.2) is 0 Å². The number of methoxy groups -OCH3 is 1. The highest BCUT2D eigenvalue weighted by molar-refractivity contribution is 7.10. The van der Waals surface area contributed by atoms with E-state index in [1.54, 1.807) is 18.4 Å². The molecule has 0 aliphatic rings. The molecule has 20 heavy (non-hydrogen) atoms. The minimum Gasteiger partial charge on any atom is -0.496 e. The van der Waals surface area contributed by atoms with Crippen molar-refractivity contribution in [3.8, 4) is 5.75 Å². The molecular weight excluding hydrogens is 294 g/mol. The standard InChI is InChI=1S/C14H20ClN3OS/c1-5-10-14(15)12(18(3)17-10)7-11(16-2)13-6-9(19-4)8-20-13/h6,8,11,16H,5,7H2,1-4H3. The van der Waals surface area contributed by atoms with E-state index >= 15 is 0 Å². The summed E-state index contributed by atoms with van der Waals surface area (Å²) in [5.74, 6) is 0.899. The number of aryl methyl sites for hydroxylation is 2. The van der Waals surface area contributed by atoms with E-state index in [1.807, 2.05) is 24.2 Å². The highest BCUT2D eigenvalue weighted by Gasteiger charge is 2.19. The largest absolute Gasteiger partial charge is 0.496 e. The summed E-state index contributed by atoms with van der Waals surface area (Å²) >= 11 is 8.11. The molecule has 2 aromatic rings. The molecule has 2 rings (SSSR count). The summed E-state index contributed by atoms with van der Waals surface area (Å²) in [4.78, 5) is 1.24. The summed E-state index contributed by atoms with van der Waals surface area (Å²) in [6, 6.07) is 2.28. The van der Waals surface area contributed by atoms with Gasteiger partial charge in [0.25, 0.3) is 0 Å². The van der Waals surface area contributed by atoms with Gasteiger partial charge in [0, 0.05) is 29.8 Å². The van der Waals surface area contributed by atoms with Gasteiger partial charge in [0.1, 0.15) is 5.75 Å². The molecule has 0 radical (unpaired) electrons. The Bertz CT molecular complexity index is 579. The highest BCUT2D eigenvalue weighted by Crippen LogP contribution is 2.31. The van der Waals surface area contributed by atoms with E-state index in [-0.39, 0.29) is 6.04 Å². The maximum atomic E-state index is 6.42. The second-order valence-corrected chi connectivity index (χ2v) is 5.94. The van der Waals surface area contributed by atoms with Crippen LogP contribution in [0, 0.1) is 0 Å². The third-order valence-corrected chi connectivity index (χ3v) is 4.88. The average molecular weight is 314 g/mol. The Kier molecular flexibility index (Phi) is 5.07. The molecule has 0 amide bonds. The van der Waals surface area contributed by atoms with Crippen LogP contribution in [-0.2, 0) is 19.9 Å². The number of likely N-dealkylation sites (N-methyl/N-ethyl adjacent to an activating group) is 1. The van der Waals surface area contributed by atoms with Gasteiger partial charge in [-0.15, -0.1) is 11.3 Å². The van der Waals surface area contributed by atoms with Crippen LogP contribution in [-0.4, -0.2) is 23.9 Å². The van der Waals surface area contributed by atoms with Crippen LogP contribution in [0.1, 0.15) is 29.2 Å². The first kappa shape index (κ1) is 15.4. The van der Waals surface area contributed by atoms with Crippen molar-refractivity contribution in [2.45, 2.75) is 25.8 Å². The molecular formula is C14H20ClN3OS. The van der Waals surface area contributed by atoms with Crippen LogP contribution in [0.3, 0.4) is 0 Å². The lowest BCUT2D eigenvalue weighted by Crippen LogP contribution is -2.19. The van der Waals surface area contributed by atoms with E-state index in [9.17, 15) is 0 Å². The summed E-state index contributed by atoms with van der Waals surface area (Å²) in [7, 11) is 5.59. The minimum atomic E-state index is 0.210. The number of nitrogens with zero attached hydrogens (tertiary/aromatic N) is 2. The van der Waals surface area contributed by atoms with Gasteiger partial charge >= 0.3 is 0 Å². The molecule has 6 heteroatoms. The van der Waals surface area contributed by atoms with Crippen molar-refractivity contribution in [3.63, 3.8) is 0 Å². The first-order valence-electron chi connectivity index (χ1n) is 6.60. The number of ether oxygens (including phenoxy) is 1. The number of nitrogens with one attached hydrogen (secondary N) is 1. The van der Waals surface area contributed by atoms with Gasteiger partial charge in [-0.2, -0.15) is 5.10 Å². The second kappa shape index (κ2) is 6.61. The Balaban J connectivity index is 2.24. The summed E-state index contributed by atoms with van der Waals surface area (Å²) < 4.78 is 7.13. The van der Waals surface area contributed by atoms with Crippen LogP contribution in [0.2, 0.25) is 5.02 Å². The Labute approximate surface area is 128 Å². The number of aromatic nitrogens is 2. The van der Waals surface area contributed by atoms with Crippen LogP contribution in [0.4, 0.5) is 0 Å². The summed E-state index contributed by atoms with van der Waals surface area (Å²) in [6.45, 7) is 2.07. The molecule has 0 saturated carbocycles. The van der Waals surface area contributed by atoms with Crippen LogP contribution >= 0.6 is 22.9 Å². The molecule has 0 aliphatic carbocycles. The second-order valence-electron chi connectivity index (χ2n) is 4.62. The van der Waals surface area contributed by atoms with E-state index in [1.165, 1.54) is 4.88 Å². The van der Waals surface area contributed by atoms with E-state index in [2.05, 4.69) is 23.4 Å². The molecule has 2 heterocycles. The zero-order valence-corrected chi connectivity index (χ0v) is 13.8. The van der Waals surface area contributed by atoms with Crippen LogP contribution < -0.4 is 10.1 Å². The van der Waals surface area contributed by atoms with Crippen molar-refractivity contribution in [2.75, 3.05) is 14.2 Å². The molecule has 0 spiro atoms. The zero-order chi connectivity index (χ0) is 14.7. The van der Waals surface area contributed by atoms with Gasteiger partial charge in [0.05, 0.1) is 23.5 Å². The smallest absolute Gasteiger partial charge is 0.129 e. The molecule has 0 saturated heterocycles. The summed E-state index contributed by atoms with van der Waals surface area (Å²) in [6.07, 6.45) is 1.66. The Morgan fingerprint density at radius 1 is 1.55 bits per heavy atom. The van der Waals surface area contributed by atoms with Crippen molar-refractivity contribution in [1.29, 1.82) is 0 Å². The first-order valence-corrected chi connectivity index (χ1v) is 7.86. The van der Waals surface area contributed by atoms with Gasteiger partial charge in [-0.1, -0.05) is 18.5 Å². The van der Waals surface area contributed by atoms with Crippen LogP contribution in [0.5, 0.6) is 5.75 Å². The van der Waals surface area contributed by atoms with Crippen molar-refractivity contribution < 1.29 is 4.74 Å². The average Bonchev–Trinajstić information content (AvgIpc) is 3.02. The number of thiophene rings is 1. The molecule has 1 atom stereocenters. The maximum absolute atomic E-state index is 6.42. The topological polar surface area (TPSA) is 39.1 Å². The Hall–Kier alpha value is -1.04. The third kappa shape index (κ3) is 3.00. The summed E-state index contributed by atoms with van der Waals surface area (Å²) in [5.41, 5.74) is 2.03. The van der Waals surface area contributed by atoms with E-state index in [0.717, 1.165) is 35.0 Å². The van der Waals surface area contributed by atoms with E-state index < -0.39 is 0 Å². The fourth-order valence-corrected chi connectivity index (χ4v) is 3.54. The van der Waals surface area contributed by atoms with Gasteiger partial charge in [-0.3, -0.25) is 4.68 Å². The number of halogens is 1. The summed E-state index contributed by atoms with van der Waals surface area (Å²) in [5, 5.41) is 10.6. The number of hydrogen-bond acceptors (Lipinski definition) is 4. The number of hydrogen-bond donors (Lipinski definition) is 1. The normalized spacial score (nSPS) is 12.7. The SMILES string of the molecule is CCc1nn(C)c(CC(NC)c2cc(OC)cs2)c1Cl. The minimum absolute atomic E-state index is 0.210. The predicted molar refractivity (Wildman–Crippen MR) is 84.0 cm³/mol.